The van der Waals surface area contributed by atoms with Crippen LogP contribution in [0.4, 0.5) is 0 Å². The summed E-state index contributed by atoms with van der Waals surface area (Å²) >= 11 is 4.27. The van der Waals surface area contributed by atoms with Crippen molar-refractivity contribution in [1.82, 2.24) is 0 Å². The van der Waals surface area contributed by atoms with E-state index in [2.05, 4.69) is 37.8 Å². The standard InChI is InChI=1S/C13H22O3SSi/c1-11-7-8-13(12(10-11)6-5-9-17)18(14-2,15-3)16-4/h7-8,10,17H,5-6,9H2,1-4H3. The van der Waals surface area contributed by atoms with Crippen LogP contribution in [0.5, 0.6) is 0 Å². The van der Waals surface area contributed by atoms with E-state index in [0.717, 1.165) is 23.8 Å². The summed E-state index contributed by atoms with van der Waals surface area (Å²) in [7, 11) is 2.19. The van der Waals surface area contributed by atoms with Gasteiger partial charge in [0.1, 0.15) is 0 Å². The fourth-order valence-corrected chi connectivity index (χ4v) is 4.27. The first-order valence-electron chi connectivity index (χ1n) is 5.99. The molecule has 0 N–H and O–H groups in total. The molecule has 0 aliphatic rings. The van der Waals surface area contributed by atoms with Gasteiger partial charge >= 0.3 is 8.80 Å². The lowest BCUT2D eigenvalue weighted by molar-refractivity contribution is 0.140. The van der Waals surface area contributed by atoms with Gasteiger partial charge in [-0.05, 0) is 31.1 Å². The number of thiol groups is 1. The van der Waals surface area contributed by atoms with Crippen LogP contribution >= 0.6 is 12.6 Å². The molecule has 0 radical (unpaired) electrons. The average molecular weight is 286 g/mol. The van der Waals surface area contributed by atoms with E-state index in [1.165, 1.54) is 11.1 Å². The van der Waals surface area contributed by atoms with Gasteiger partial charge in [-0.15, -0.1) is 0 Å². The van der Waals surface area contributed by atoms with E-state index in [0.29, 0.717) is 0 Å². The Morgan fingerprint density at radius 1 is 1.11 bits per heavy atom. The summed E-state index contributed by atoms with van der Waals surface area (Å²) < 4.78 is 16.7. The summed E-state index contributed by atoms with van der Waals surface area (Å²) in [6.07, 6.45) is 1.99. The van der Waals surface area contributed by atoms with Crippen LogP contribution in [0.25, 0.3) is 0 Å². The van der Waals surface area contributed by atoms with Gasteiger partial charge < -0.3 is 13.3 Å². The Balaban J connectivity index is 3.19. The molecule has 3 nitrogen and oxygen atoms in total. The molecule has 0 saturated carbocycles. The maximum absolute atomic E-state index is 5.56. The molecule has 102 valence electrons. The topological polar surface area (TPSA) is 27.7 Å². The zero-order chi connectivity index (χ0) is 13.6. The van der Waals surface area contributed by atoms with Crippen molar-refractivity contribution >= 4 is 26.6 Å². The average Bonchev–Trinajstić information content (AvgIpc) is 2.40. The van der Waals surface area contributed by atoms with E-state index in [9.17, 15) is 0 Å². The van der Waals surface area contributed by atoms with E-state index in [1.807, 2.05) is 0 Å². The maximum atomic E-state index is 5.56. The molecule has 0 aromatic heterocycles. The van der Waals surface area contributed by atoms with Crippen molar-refractivity contribution in [1.29, 1.82) is 0 Å². The van der Waals surface area contributed by atoms with Crippen LogP contribution in [0.3, 0.4) is 0 Å². The summed E-state index contributed by atoms with van der Waals surface area (Å²) in [6, 6.07) is 6.31. The van der Waals surface area contributed by atoms with Gasteiger partial charge in [-0.25, -0.2) is 0 Å². The van der Waals surface area contributed by atoms with Gasteiger partial charge in [0.2, 0.25) is 0 Å². The third kappa shape index (κ3) is 3.36. The normalized spacial score (nSPS) is 11.8. The Morgan fingerprint density at radius 2 is 1.72 bits per heavy atom. The SMILES string of the molecule is CO[Si](OC)(OC)c1ccc(C)cc1CCCS. The number of rotatable bonds is 7. The molecule has 1 rings (SSSR count). The molecule has 0 bridgehead atoms. The molecule has 0 aliphatic carbocycles. The van der Waals surface area contributed by atoms with Gasteiger partial charge in [-0.2, -0.15) is 12.6 Å². The lowest BCUT2D eigenvalue weighted by atomic mass is 10.1. The lowest BCUT2D eigenvalue weighted by Gasteiger charge is -2.27. The molecule has 0 saturated heterocycles. The second-order valence-corrected chi connectivity index (χ2v) is 7.48. The minimum atomic E-state index is -2.74. The highest BCUT2D eigenvalue weighted by Crippen LogP contribution is 2.14. The Labute approximate surface area is 116 Å². The molecular weight excluding hydrogens is 264 g/mol. The van der Waals surface area contributed by atoms with Gasteiger partial charge in [-0.3, -0.25) is 0 Å². The molecule has 0 amide bonds. The van der Waals surface area contributed by atoms with E-state index in [4.69, 9.17) is 13.3 Å². The first kappa shape index (κ1) is 15.7. The Morgan fingerprint density at radius 3 is 2.22 bits per heavy atom. The summed E-state index contributed by atoms with van der Waals surface area (Å²) in [4.78, 5) is 0. The molecule has 1 aromatic rings. The van der Waals surface area contributed by atoms with E-state index < -0.39 is 8.80 Å². The fraction of sp³-hybridized carbons (Fsp3) is 0.538. The molecule has 0 spiro atoms. The van der Waals surface area contributed by atoms with Crippen LogP contribution < -0.4 is 5.19 Å². The first-order chi connectivity index (χ1) is 8.63. The largest absolute Gasteiger partial charge is 0.536 e. The second kappa shape index (κ2) is 7.30. The molecule has 0 heterocycles. The predicted molar refractivity (Wildman–Crippen MR) is 79.8 cm³/mol. The molecule has 5 heteroatoms. The molecule has 0 unspecified atom stereocenters. The minimum Gasteiger partial charge on any atom is -0.373 e. The predicted octanol–water partition coefficient (Wildman–Crippen LogP) is 1.94. The molecule has 0 aliphatic heterocycles. The monoisotopic (exact) mass is 286 g/mol. The van der Waals surface area contributed by atoms with Crippen molar-refractivity contribution in [2.24, 2.45) is 0 Å². The van der Waals surface area contributed by atoms with Crippen LogP contribution in [0.1, 0.15) is 17.5 Å². The number of benzene rings is 1. The Hall–Kier alpha value is -0.333. The van der Waals surface area contributed by atoms with Crippen molar-refractivity contribution < 1.29 is 13.3 Å². The second-order valence-electron chi connectivity index (χ2n) is 4.16. The van der Waals surface area contributed by atoms with E-state index in [-0.39, 0.29) is 0 Å². The molecular formula is C13H22O3SSi. The van der Waals surface area contributed by atoms with Gasteiger partial charge in [0.05, 0.1) is 0 Å². The molecule has 0 fully saturated rings. The van der Waals surface area contributed by atoms with Crippen LogP contribution in [0.15, 0.2) is 18.2 Å². The Kier molecular flexibility index (Phi) is 6.38. The summed E-state index contributed by atoms with van der Waals surface area (Å²) in [6.45, 7) is 2.09. The quantitative estimate of drug-likeness (QED) is 0.613. The highest BCUT2D eigenvalue weighted by Gasteiger charge is 2.42. The van der Waals surface area contributed by atoms with E-state index >= 15 is 0 Å². The third-order valence-electron chi connectivity index (χ3n) is 3.00. The Bertz CT molecular complexity index is 372. The van der Waals surface area contributed by atoms with Crippen molar-refractivity contribution in [3.63, 3.8) is 0 Å². The number of hydrogen-bond acceptors (Lipinski definition) is 4. The zero-order valence-electron chi connectivity index (χ0n) is 11.5. The van der Waals surface area contributed by atoms with Gasteiger partial charge in [-0.1, -0.05) is 23.8 Å². The highest BCUT2D eigenvalue weighted by molar-refractivity contribution is 7.80. The maximum Gasteiger partial charge on any atom is 0.536 e. The van der Waals surface area contributed by atoms with Crippen LogP contribution in [0.2, 0.25) is 0 Å². The van der Waals surface area contributed by atoms with Crippen molar-refractivity contribution in [3.05, 3.63) is 29.3 Å². The van der Waals surface area contributed by atoms with E-state index in [1.54, 1.807) is 21.3 Å². The van der Waals surface area contributed by atoms with Gasteiger partial charge in [0, 0.05) is 26.5 Å². The molecule has 18 heavy (non-hydrogen) atoms. The lowest BCUT2D eigenvalue weighted by Crippen LogP contribution is -2.56. The number of aryl methyl sites for hydroxylation is 2. The number of hydrogen-bond donors (Lipinski definition) is 1. The third-order valence-corrected chi connectivity index (χ3v) is 6.08. The van der Waals surface area contributed by atoms with Crippen molar-refractivity contribution in [2.75, 3.05) is 27.1 Å². The molecule has 0 atom stereocenters. The highest BCUT2D eigenvalue weighted by atomic mass is 32.1. The van der Waals surface area contributed by atoms with Crippen LogP contribution in [0, 0.1) is 6.92 Å². The van der Waals surface area contributed by atoms with Crippen molar-refractivity contribution in [2.45, 2.75) is 19.8 Å². The molecule has 1 aromatic carbocycles. The minimum absolute atomic E-state index is 0.870. The fourth-order valence-electron chi connectivity index (χ4n) is 2.08. The zero-order valence-corrected chi connectivity index (χ0v) is 13.4. The summed E-state index contributed by atoms with van der Waals surface area (Å²) in [5, 5.41) is 1.06. The van der Waals surface area contributed by atoms with Crippen molar-refractivity contribution in [3.8, 4) is 0 Å². The summed E-state index contributed by atoms with van der Waals surface area (Å²) in [5.74, 6) is 0.870. The van der Waals surface area contributed by atoms with Gasteiger partial charge in [0.15, 0.2) is 0 Å². The first-order valence-corrected chi connectivity index (χ1v) is 8.35. The summed E-state index contributed by atoms with van der Waals surface area (Å²) in [5.41, 5.74) is 2.47. The smallest absolute Gasteiger partial charge is 0.373 e. The van der Waals surface area contributed by atoms with Crippen LogP contribution in [-0.2, 0) is 19.7 Å². The van der Waals surface area contributed by atoms with Crippen LogP contribution in [-0.4, -0.2) is 35.9 Å². The van der Waals surface area contributed by atoms with Gasteiger partial charge in [0.25, 0.3) is 0 Å².